The Balaban J connectivity index is 2.14. The summed E-state index contributed by atoms with van der Waals surface area (Å²) in [7, 11) is 6.21. The zero-order valence-electron chi connectivity index (χ0n) is 15.0. The molecule has 0 aliphatic heterocycles. The highest BCUT2D eigenvalue weighted by Crippen LogP contribution is 2.40. The van der Waals surface area contributed by atoms with E-state index in [9.17, 15) is 4.79 Å². The summed E-state index contributed by atoms with van der Waals surface area (Å²) < 4.78 is 22.6. The number of ether oxygens (including phenoxy) is 4. The SMILES string of the molecule is COCCn1c(=O)[nH]c2ncc(-c3cc(OC)c(OC)c(OC)c3)nc21. The highest BCUT2D eigenvalue weighted by molar-refractivity contribution is 5.73. The number of benzene rings is 1. The Bertz CT molecular complexity index is 954. The molecule has 3 rings (SSSR count). The van der Waals surface area contributed by atoms with Crippen molar-refractivity contribution in [3.63, 3.8) is 0 Å². The minimum absolute atomic E-state index is 0.279. The first-order valence-electron chi connectivity index (χ1n) is 7.87. The van der Waals surface area contributed by atoms with Gasteiger partial charge in [-0.05, 0) is 12.1 Å². The van der Waals surface area contributed by atoms with Crippen LogP contribution in [0.4, 0.5) is 0 Å². The zero-order chi connectivity index (χ0) is 18.7. The van der Waals surface area contributed by atoms with Crippen molar-refractivity contribution in [2.24, 2.45) is 0 Å². The Kier molecular flexibility index (Phi) is 5.08. The van der Waals surface area contributed by atoms with Crippen LogP contribution in [0.25, 0.3) is 22.6 Å². The first-order valence-corrected chi connectivity index (χ1v) is 7.87. The normalized spacial score (nSPS) is 10.9. The van der Waals surface area contributed by atoms with E-state index in [1.165, 1.54) is 4.57 Å². The molecule has 0 atom stereocenters. The van der Waals surface area contributed by atoms with E-state index in [-0.39, 0.29) is 5.69 Å². The molecule has 0 bridgehead atoms. The molecule has 0 saturated carbocycles. The summed E-state index contributed by atoms with van der Waals surface area (Å²) >= 11 is 0. The molecule has 138 valence electrons. The van der Waals surface area contributed by atoms with E-state index in [1.807, 2.05) is 0 Å². The minimum Gasteiger partial charge on any atom is -0.493 e. The smallest absolute Gasteiger partial charge is 0.328 e. The van der Waals surface area contributed by atoms with Gasteiger partial charge < -0.3 is 18.9 Å². The molecule has 3 aromatic rings. The molecule has 0 aliphatic rings. The maximum atomic E-state index is 12.1. The van der Waals surface area contributed by atoms with Crippen molar-refractivity contribution in [3.8, 4) is 28.5 Å². The Hall–Kier alpha value is -3.07. The second-order valence-electron chi connectivity index (χ2n) is 5.42. The van der Waals surface area contributed by atoms with E-state index in [1.54, 1.807) is 46.8 Å². The summed E-state index contributed by atoms with van der Waals surface area (Å²) in [4.78, 5) is 23.7. The third kappa shape index (κ3) is 3.08. The number of rotatable bonds is 7. The number of imidazole rings is 1. The molecule has 9 heteroatoms. The van der Waals surface area contributed by atoms with E-state index in [2.05, 4.69) is 15.0 Å². The van der Waals surface area contributed by atoms with Crippen LogP contribution in [-0.2, 0) is 11.3 Å². The third-order valence-electron chi connectivity index (χ3n) is 3.96. The molecule has 26 heavy (non-hydrogen) atoms. The quantitative estimate of drug-likeness (QED) is 0.681. The number of nitrogens with one attached hydrogen (secondary N) is 1. The molecule has 0 saturated heterocycles. The molecule has 0 radical (unpaired) electrons. The topological polar surface area (TPSA) is 100 Å². The highest BCUT2D eigenvalue weighted by Gasteiger charge is 2.16. The summed E-state index contributed by atoms with van der Waals surface area (Å²) in [5.41, 5.74) is 1.89. The standard InChI is InChI=1S/C17H20N4O5/c1-23-6-5-21-16-15(20-17(21)22)18-9-11(19-16)10-7-12(24-2)14(26-4)13(8-10)25-3/h7-9H,5-6H2,1-4H3,(H,18,20,22). The fraction of sp³-hybridized carbons (Fsp3) is 0.353. The molecule has 0 fully saturated rings. The van der Waals surface area contributed by atoms with Gasteiger partial charge in [0.25, 0.3) is 0 Å². The van der Waals surface area contributed by atoms with Gasteiger partial charge in [-0.2, -0.15) is 0 Å². The van der Waals surface area contributed by atoms with Gasteiger partial charge in [-0.25, -0.2) is 14.8 Å². The predicted octanol–water partition coefficient (Wildman–Crippen LogP) is 1.46. The second kappa shape index (κ2) is 7.44. The monoisotopic (exact) mass is 360 g/mol. The lowest BCUT2D eigenvalue weighted by atomic mass is 10.1. The molecule has 1 aromatic carbocycles. The molecule has 0 unspecified atom stereocenters. The van der Waals surface area contributed by atoms with Crippen molar-refractivity contribution in [1.29, 1.82) is 0 Å². The summed E-state index contributed by atoms with van der Waals surface area (Å²) in [5, 5.41) is 0. The largest absolute Gasteiger partial charge is 0.493 e. The molecule has 2 heterocycles. The molecule has 0 amide bonds. The third-order valence-corrected chi connectivity index (χ3v) is 3.96. The summed E-state index contributed by atoms with van der Waals surface area (Å²) in [6.07, 6.45) is 1.58. The maximum Gasteiger partial charge on any atom is 0.328 e. The van der Waals surface area contributed by atoms with Crippen LogP contribution in [0.3, 0.4) is 0 Å². The van der Waals surface area contributed by atoms with E-state index < -0.39 is 0 Å². The van der Waals surface area contributed by atoms with E-state index in [0.717, 1.165) is 5.56 Å². The lowest BCUT2D eigenvalue weighted by molar-refractivity contribution is 0.187. The minimum atomic E-state index is -0.279. The average Bonchev–Trinajstić information content (AvgIpc) is 2.99. The van der Waals surface area contributed by atoms with Gasteiger partial charge in [0.05, 0.1) is 46.4 Å². The number of hydrogen-bond acceptors (Lipinski definition) is 7. The molecule has 0 spiro atoms. The van der Waals surface area contributed by atoms with Gasteiger partial charge in [0.15, 0.2) is 22.8 Å². The zero-order valence-corrected chi connectivity index (χ0v) is 15.0. The molecule has 1 N–H and O–H groups in total. The van der Waals surface area contributed by atoms with Crippen LogP contribution in [0.1, 0.15) is 0 Å². The lowest BCUT2D eigenvalue weighted by Crippen LogP contribution is -2.19. The van der Waals surface area contributed by atoms with Crippen molar-refractivity contribution in [2.45, 2.75) is 6.54 Å². The Morgan fingerprint density at radius 1 is 1.08 bits per heavy atom. The van der Waals surface area contributed by atoms with E-state index in [4.69, 9.17) is 18.9 Å². The second-order valence-corrected chi connectivity index (χ2v) is 5.42. The molecular formula is C17H20N4O5. The van der Waals surface area contributed by atoms with Gasteiger partial charge in [-0.3, -0.25) is 9.55 Å². The summed E-state index contributed by atoms with van der Waals surface area (Å²) in [6.45, 7) is 0.770. The van der Waals surface area contributed by atoms with E-state index >= 15 is 0 Å². The molecule has 9 nitrogen and oxygen atoms in total. The lowest BCUT2D eigenvalue weighted by Gasteiger charge is -2.14. The van der Waals surface area contributed by atoms with Gasteiger partial charge in [0.2, 0.25) is 5.75 Å². The van der Waals surface area contributed by atoms with Crippen molar-refractivity contribution in [3.05, 3.63) is 28.8 Å². The van der Waals surface area contributed by atoms with Crippen LogP contribution >= 0.6 is 0 Å². The molecule has 2 aromatic heterocycles. The van der Waals surface area contributed by atoms with E-state index in [0.29, 0.717) is 47.4 Å². The number of hydrogen-bond donors (Lipinski definition) is 1. The average molecular weight is 360 g/mol. The van der Waals surface area contributed by atoms with Crippen molar-refractivity contribution in [1.82, 2.24) is 19.5 Å². The number of nitrogens with zero attached hydrogens (tertiary/aromatic N) is 3. The van der Waals surface area contributed by atoms with Gasteiger partial charge >= 0.3 is 5.69 Å². The first-order chi connectivity index (χ1) is 12.6. The summed E-state index contributed by atoms with van der Waals surface area (Å²) in [5.74, 6) is 1.51. The Labute approximate surface area is 149 Å². The fourth-order valence-electron chi connectivity index (χ4n) is 2.68. The number of aromatic amines is 1. The number of methoxy groups -OCH3 is 4. The van der Waals surface area contributed by atoms with Gasteiger partial charge in [0.1, 0.15) is 0 Å². The van der Waals surface area contributed by atoms with Gasteiger partial charge in [0, 0.05) is 12.7 Å². The first kappa shape index (κ1) is 17.7. The molecular weight excluding hydrogens is 340 g/mol. The highest BCUT2D eigenvalue weighted by atomic mass is 16.5. The number of H-pyrrole nitrogens is 1. The fourth-order valence-corrected chi connectivity index (χ4v) is 2.68. The van der Waals surface area contributed by atoms with Gasteiger partial charge in [-0.1, -0.05) is 0 Å². The van der Waals surface area contributed by atoms with Crippen LogP contribution in [0.15, 0.2) is 23.1 Å². The predicted molar refractivity (Wildman–Crippen MR) is 95.1 cm³/mol. The Morgan fingerprint density at radius 2 is 1.77 bits per heavy atom. The van der Waals surface area contributed by atoms with Crippen LogP contribution in [0.2, 0.25) is 0 Å². The van der Waals surface area contributed by atoms with Crippen LogP contribution in [-0.4, -0.2) is 54.6 Å². The van der Waals surface area contributed by atoms with Crippen molar-refractivity contribution < 1.29 is 18.9 Å². The number of aromatic nitrogens is 4. The van der Waals surface area contributed by atoms with Crippen LogP contribution < -0.4 is 19.9 Å². The maximum absolute atomic E-state index is 12.1. The van der Waals surface area contributed by atoms with Crippen LogP contribution in [0, 0.1) is 0 Å². The Morgan fingerprint density at radius 3 is 2.35 bits per heavy atom. The van der Waals surface area contributed by atoms with Crippen LogP contribution in [0.5, 0.6) is 17.2 Å². The van der Waals surface area contributed by atoms with Crippen molar-refractivity contribution in [2.75, 3.05) is 35.0 Å². The molecule has 0 aliphatic carbocycles. The van der Waals surface area contributed by atoms with Gasteiger partial charge in [-0.15, -0.1) is 0 Å². The number of fused-ring (bicyclic) bond motifs is 1. The summed E-state index contributed by atoms with van der Waals surface area (Å²) in [6, 6.07) is 3.56. The van der Waals surface area contributed by atoms with Crippen molar-refractivity contribution >= 4 is 11.3 Å².